The molecular formula is C18H24ClN5S. The molecule has 3 aromatic rings. The molecule has 1 unspecified atom stereocenters. The van der Waals surface area contributed by atoms with E-state index in [0.717, 1.165) is 29.8 Å². The number of aryl methyl sites for hydroxylation is 1. The maximum Gasteiger partial charge on any atom is 0.181 e. The third-order valence-corrected chi connectivity index (χ3v) is 5.75. The molecule has 4 heterocycles. The third-order valence-electron chi connectivity index (χ3n) is 4.78. The van der Waals surface area contributed by atoms with Crippen LogP contribution in [0.15, 0.2) is 29.8 Å². The standard InChI is InChI=1S/C18H23N5S.ClH/c1-13-15-9-14(11-20-18(15)22-21-13)10-19-12-16(17-5-4-8-24-17)23-6-2-3-7-23;/h4-5,8-9,11,16,19H,2-3,6-7,10,12H2,1H3,(H,20,21,22);1H. The molecular weight excluding hydrogens is 354 g/mol. The summed E-state index contributed by atoms with van der Waals surface area (Å²) in [6.07, 6.45) is 4.57. The highest BCUT2D eigenvalue weighted by atomic mass is 35.5. The van der Waals surface area contributed by atoms with Crippen molar-refractivity contribution in [1.82, 2.24) is 25.4 Å². The fourth-order valence-corrected chi connectivity index (χ4v) is 4.32. The number of hydrogen-bond donors (Lipinski definition) is 2. The van der Waals surface area contributed by atoms with E-state index in [4.69, 9.17) is 0 Å². The highest BCUT2D eigenvalue weighted by Crippen LogP contribution is 2.28. The van der Waals surface area contributed by atoms with Crippen LogP contribution in [0, 0.1) is 6.92 Å². The lowest BCUT2D eigenvalue weighted by molar-refractivity contribution is 0.242. The molecule has 1 aliphatic rings. The number of halogens is 1. The minimum atomic E-state index is 0. The molecule has 0 saturated carbocycles. The van der Waals surface area contributed by atoms with Crippen LogP contribution in [0.1, 0.15) is 35.0 Å². The molecule has 1 fully saturated rings. The van der Waals surface area contributed by atoms with Crippen LogP contribution in [-0.4, -0.2) is 39.7 Å². The molecule has 0 radical (unpaired) electrons. The predicted octanol–water partition coefficient (Wildman–Crippen LogP) is 3.68. The largest absolute Gasteiger partial charge is 0.311 e. The fourth-order valence-electron chi connectivity index (χ4n) is 3.46. The zero-order valence-electron chi connectivity index (χ0n) is 14.4. The first-order chi connectivity index (χ1) is 11.8. The number of nitrogens with zero attached hydrogens (tertiary/aromatic N) is 3. The van der Waals surface area contributed by atoms with Crippen LogP contribution >= 0.6 is 23.7 Å². The van der Waals surface area contributed by atoms with Crippen molar-refractivity contribution in [2.75, 3.05) is 19.6 Å². The van der Waals surface area contributed by atoms with Crippen LogP contribution < -0.4 is 5.32 Å². The first kappa shape index (κ1) is 18.3. The lowest BCUT2D eigenvalue weighted by Crippen LogP contribution is -2.33. The lowest BCUT2D eigenvalue weighted by Gasteiger charge is -2.27. The maximum atomic E-state index is 4.44. The summed E-state index contributed by atoms with van der Waals surface area (Å²) >= 11 is 1.86. The fraction of sp³-hybridized carbons (Fsp3) is 0.444. The van der Waals surface area contributed by atoms with Crippen LogP contribution in [-0.2, 0) is 6.54 Å². The Morgan fingerprint density at radius 2 is 2.20 bits per heavy atom. The normalized spacial score (nSPS) is 16.2. The molecule has 25 heavy (non-hydrogen) atoms. The van der Waals surface area contributed by atoms with E-state index in [1.165, 1.54) is 36.4 Å². The van der Waals surface area contributed by atoms with E-state index < -0.39 is 0 Å². The van der Waals surface area contributed by atoms with Crippen molar-refractivity contribution < 1.29 is 0 Å². The summed E-state index contributed by atoms with van der Waals surface area (Å²) in [6, 6.07) is 7.09. The van der Waals surface area contributed by atoms with E-state index in [9.17, 15) is 0 Å². The molecule has 3 aromatic heterocycles. The third kappa shape index (κ3) is 4.03. The summed E-state index contributed by atoms with van der Waals surface area (Å²) in [5.41, 5.74) is 3.08. The van der Waals surface area contributed by atoms with E-state index in [-0.39, 0.29) is 12.4 Å². The average Bonchev–Trinajstić information content (AvgIpc) is 3.35. The van der Waals surface area contributed by atoms with Crippen LogP contribution in [0.2, 0.25) is 0 Å². The van der Waals surface area contributed by atoms with Gasteiger partial charge in [-0.25, -0.2) is 4.98 Å². The van der Waals surface area contributed by atoms with Crippen molar-refractivity contribution in [1.29, 1.82) is 0 Å². The van der Waals surface area contributed by atoms with Crippen LogP contribution in [0.4, 0.5) is 0 Å². The smallest absolute Gasteiger partial charge is 0.181 e. The number of aromatic amines is 1. The Hall–Kier alpha value is -1.47. The molecule has 1 atom stereocenters. The van der Waals surface area contributed by atoms with Crippen molar-refractivity contribution in [3.8, 4) is 0 Å². The SMILES string of the molecule is Cc1[nH]nc2ncc(CNCC(c3cccs3)N3CCCC3)cc12.Cl. The van der Waals surface area contributed by atoms with Gasteiger partial charge in [-0.3, -0.25) is 10.00 Å². The number of fused-ring (bicyclic) bond motifs is 1. The molecule has 4 rings (SSSR count). The van der Waals surface area contributed by atoms with E-state index in [1.807, 2.05) is 24.5 Å². The van der Waals surface area contributed by atoms with Gasteiger partial charge in [-0.2, -0.15) is 5.10 Å². The molecule has 7 heteroatoms. The Balaban J connectivity index is 0.00000182. The predicted molar refractivity (Wildman–Crippen MR) is 105 cm³/mol. The van der Waals surface area contributed by atoms with E-state index >= 15 is 0 Å². The second kappa shape index (κ2) is 8.27. The molecule has 2 N–H and O–H groups in total. The molecule has 1 saturated heterocycles. The van der Waals surface area contributed by atoms with Gasteiger partial charge < -0.3 is 5.32 Å². The summed E-state index contributed by atoms with van der Waals surface area (Å²) in [4.78, 5) is 8.51. The minimum Gasteiger partial charge on any atom is -0.311 e. The number of rotatable bonds is 6. The second-order valence-electron chi connectivity index (χ2n) is 6.47. The summed E-state index contributed by atoms with van der Waals surface area (Å²) in [7, 11) is 0. The van der Waals surface area contributed by atoms with E-state index in [2.05, 4.69) is 49.0 Å². The van der Waals surface area contributed by atoms with E-state index in [0.29, 0.717) is 6.04 Å². The Labute approximate surface area is 158 Å². The summed E-state index contributed by atoms with van der Waals surface area (Å²) in [6.45, 7) is 6.28. The number of thiophene rings is 1. The first-order valence-corrected chi connectivity index (χ1v) is 9.47. The quantitative estimate of drug-likeness (QED) is 0.688. The van der Waals surface area contributed by atoms with E-state index in [1.54, 1.807) is 0 Å². The van der Waals surface area contributed by atoms with Crippen molar-refractivity contribution >= 4 is 34.8 Å². The highest BCUT2D eigenvalue weighted by molar-refractivity contribution is 7.10. The Bertz CT molecular complexity index is 795. The minimum absolute atomic E-state index is 0. The summed E-state index contributed by atoms with van der Waals surface area (Å²) in [5.74, 6) is 0. The number of aromatic nitrogens is 3. The first-order valence-electron chi connectivity index (χ1n) is 8.59. The zero-order chi connectivity index (χ0) is 16.4. The molecule has 134 valence electrons. The average molecular weight is 378 g/mol. The monoisotopic (exact) mass is 377 g/mol. The van der Waals surface area contributed by atoms with Gasteiger partial charge >= 0.3 is 0 Å². The van der Waals surface area contributed by atoms with Crippen molar-refractivity contribution in [2.24, 2.45) is 0 Å². The Morgan fingerprint density at radius 1 is 1.36 bits per heavy atom. The number of nitrogens with one attached hydrogen (secondary N) is 2. The molecule has 5 nitrogen and oxygen atoms in total. The van der Waals surface area contributed by atoms with Gasteiger partial charge in [-0.05, 0) is 55.9 Å². The highest BCUT2D eigenvalue weighted by Gasteiger charge is 2.23. The topological polar surface area (TPSA) is 56.8 Å². The van der Waals surface area contributed by atoms with Crippen molar-refractivity contribution in [2.45, 2.75) is 32.4 Å². The number of pyridine rings is 1. The number of likely N-dealkylation sites (tertiary alicyclic amines) is 1. The van der Waals surface area contributed by atoms with Gasteiger partial charge in [0.05, 0.1) is 6.04 Å². The van der Waals surface area contributed by atoms with Gasteiger partial charge in [-0.1, -0.05) is 6.07 Å². The molecule has 0 aromatic carbocycles. The number of H-pyrrole nitrogens is 1. The van der Waals surface area contributed by atoms with Gasteiger partial charge in [-0.15, -0.1) is 23.7 Å². The van der Waals surface area contributed by atoms with Crippen molar-refractivity contribution in [3.05, 3.63) is 45.9 Å². The molecule has 0 spiro atoms. The summed E-state index contributed by atoms with van der Waals surface area (Å²) in [5, 5.41) is 14.1. The van der Waals surface area contributed by atoms with Gasteiger partial charge in [0.15, 0.2) is 5.65 Å². The van der Waals surface area contributed by atoms with Gasteiger partial charge in [0.2, 0.25) is 0 Å². The molecule has 0 aliphatic carbocycles. The van der Waals surface area contributed by atoms with Gasteiger partial charge in [0.25, 0.3) is 0 Å². The molecule has 0 amide bonds. The maximum absolute atomic E-state index is 4.44. The lowest BCUT2D eigenvalue weighted by atomic mass is 10.2. The van der Waals surface area contributed by atoms with Gasteiger partial charge in [0.1, 0.15) is 0 Å². The molecule has 1 aliphatic heterocycles. The molecule has 0 bridgehead atoms. The Kier molecular flexibility index (Phi) is 6.06. The van der Waals surface area contributed by atoms with Crippen LogP contribution in [0.3, 0.4) is 0 Å². The zero-order valence-corrected chi connectivity index (χ0v) is 16.0. The second-order valence-corrected chi connectivity index (χ2v) is 7.45. The Morgan fingerprint density at radius 3 is 2.96 bits per heavy atom. The van der Waals surface area contributed by atoms with Crippen LogP contribution in [0.5, 0.6) is 0 Å². The summed E-state index contributed by atoms with van der Waals surface area (Å²) < 4.78 is 0. The number of hydrogen-bond acceptors (Lipinski definition) is 5. The van der Waals surface area contributed by atoms with Crippen molar-refractivity contribution in [3.63, 3.8) is 0 Å². The van der Waals surface area contributed by atoms with Crippen LogP contribution in [0.25, 0.3) is 11.0 Å². The van der Waals surface area contributed by atoms with Gasteiger partial charge in [0, 0.05) is 35.2 Å².